The number of benzene rings is 1. The Morgan fingerprint density at radius 3 is 2.63 bits per heavy atom. The molecule has 1 aromatic carbocycles. The lowest BCUT2D eigenvalue weighted by Gasteiger charge is -2.30. The lowest BCUT2D eigenvalue weighted by atomic mass is 9.85. The minimum absolute atomic E-state index is 0.212. The van der Waals surface area contributed by atoms with Gasteiger partial charge in [-0.1, -0.05) is 13.0 Å². The molecule has 1 unspecified atom stereocenters. The molecule has 0 saturated heterocycles. The first-order valence-electron chi connectivity index (χ1n) is 7.08. The molecule has 2 N–H and O–H groups in total. The lowest BCUT2D eigenvalue weighted by Crippen LogP contribution is -2.28. The first-order valence-corrected chi connectivity index (χ1v) is 7.08. The Morgan fingerprint density at radius 2 is 2.00 bits per heavy atom. The molecule has 0 aliphatic carbocycles. The van der Waals surface area contributed by atoms with Crippen LogP contribution in [0.15, 0.2) is 12.1 Å². The fourth-order valence-electron chi connectivity index (χ4n) is 3.02. The van der Waals surface area contributed by atoms with Crippen LogP contribution in [0.1, 0.15) is 55.4 Å². The standard InChI is InChI=1S/C17H25NO/c1-11(7-9-18)16-12(2)10-15-14(13(16)3)6-8-17(4,5)19-15/h6,8,10-11H,7,9,18H2,1-5H3. The Morgan fingerprint density at radius 1 is 1.32 bits per heavy atom. The Balaban J connectivity index is 2.51. The Kier molecular flexibility index (Phi) is 3.73. The van der Waals surface area contributed by atoms with E-state index in [0.717, 1.165) is 18.7 Å². The quantitative estimate of drug-likeness (QED) is 0.892. The number of ether oxygens (including phenoxy) is 1. The second kappa shape index (κ2) is 5.01. The van der Waals surface area contributed by atoms with Crippen LogP contribution in [0.5, 0.6) is 5.75 Å². The number of fused-ring (bicyclic) bond motifs is 1. The van der Waals surface area contributed by atoms with Crippen molar-refractivity contribution in [3.63, 3.8) is 0 Å². The van der Waals surface area contributed by atoms with Crippen LogP contribution in [-0.2, 0) is 0 Å². The van der Waals surface area contributed by atoms with Gasteiger partial charge in [0.15, 0.2) is 0 Å². The monoisotopic (exact) mass is 259 g/mol. The van der Waals surface area contributed by atoms with E-state index in [-0.39, 0.29) is 5.60 Å². The van der Waals surface area contributed by atoms with E-state index in [2.05, 4.69) is 52.8 Å². The van der Waals surface area contributed by atoms with E-state index in [4.69, 9.17) is 10.5 Å². The summed E-state index contributed by atoms with van der Waals surface area (Å²) in [4.78, 5) is 0. The Labute approximate surface area is 116 Å². The molecule has 1 aliphatic rings. The molecular weight excluding hydrogens is 234 g/mol. The number of hydrogen-bond donors (Lipinski definition) is 1. The van der Waals surface area contributed by atoms with Crippen LogP contribution in [0.25, 0.3) is 6.08 Å². The van der Waals surface area contributed by atoms with Gasteiger partial charge in [-0.25, -0.2) is 0 Å². The lowest BCUT2D eigenvalue weighted by molar-refractivity contribution is 0.158. The molecule has 0 amide bonds. The third kappa shape index (κ3) is 2.69. The van der Waals surface area contributed by atoms with E-state index in [1.54, 1.807) is 0 Å². The SMILES string of the molecule is Cc1cc2c(c(C)c1C(C)CCN)C=CC(C)(C)O2. The third-order valence-corrected chi connectivity index (χ3v) is 3.96. The largest absolute Gasteiger partial charge is 0.483 e. The summed E-state index contributed by atoms with van der Waals surface area (Å²) in [6.45, 7) is 11.5. The second-order valence-electron chi connectivity index (χ2n) is 6.16. The van der Waals surface area contributed by atoms with Crippen LogP contribution in [0.2, 0.25) is 0 Å². The van der Waals surface area contributed by atoms with Crippen molar-refractivity contribution < 1.29 is 4.74 Å². The normalized spacial score (nSPS) is 17.8. The van der Waals surface area contributed by atoms with Gasteiger partial charge in [0.25, 0.3) is 0 Å². The summed E-state index contributed by atoms with van der Waals surface area (Å²) in [5, 5.41) is 0. The number of rotatable bonds is 3. The van der Waals surface area contributed by atoms with Crippen LogP contribution in [0.3, 0.4) is 0 Å². The van der Waals surface area contributed by atoms with Crippen molar-refractivity contribution >= 4 is 6.08 Å². The molecular formula is C17H25NO. The van der Waals surface area contributed by atoms with E-state index in [0.29, 0.717) is 5.92 Å². The zero-order chi connectivity index (χ0) is 14.2. The fraction of sp³-hybridized carbons (Fsp3) is 0.529. The molecule has 1 atom stereocenters. The van der Waals surface area contributed by atoms with Crippen molar-refractivity contribution in [1.29, 1.82) is 0 Å². The maximum absolute atomic E-state index is 6.06. The van der Waals surface area contributed by atoms with Crippen molar-refractivity contribution in [2.75, 3.05) is 6.54 Å². The molecule has 0 spiro atoms. The zero-order valence-corrected chi connectivity index (χ0v) is 12.7. The average Bonchev–Trinajstić information content (AvgIpc) is 2.27. The molecule has 1 aliphatic heterocycles. The van der Waals surface area contributed by atoms with Crippen molar-refractivity contribution in [3.8, 4) is 5.75 Å². The van der Waals surface area contributed by atoms with Gasteiger partial charge in [-0.2, -0.15) is 0 Å². The first kappa shape index (κ1) is 14.1. The highest BCUT2D eigenvalue weighted by Gasteiger charge is 2.25. The molecule has 0 aromatic heterocycles. The van der Waals surface area contributed by atoms with Gasteiger partial charge >= 0.3 is 0 Å². The molecule has 2 nitrogen and oxygen atoms in total. The van der Waals surface area contributed by atoms with E-state index in [1.807, 2.05) is 0 Å². The van der Waals surface area contributed by atoms with E-state index in [1.165, 1.54) is 22.3 Å². The van der Waals surface area contributed by atoms with Crippen molar-refractivity contribution in [3.05, 3.63) is 34.4 Å². The molecule has 19 heavy (non-hydrogen) atoms. The minimum Gasteiger partial charge on any atom is -0.483 e. The smallest absolute Gasteiger partial charge is 0.128 e. The molecule has 0 radical (unpaired) electrons. The highest BCUT2D eigenvalue weighted by atomic mass is 16.5. The number of nitrogens with two attached hydrogens (primary N) is 1. The van der Waals surface area contributed by atoms with Crippen molar-refractivity contribution in [2.24, 2.45) is 5.73 Å². The van der Waals surface area contributed by atoms with E-state index < -0.39 is 0 Å². The Bertz CT molecular complexity index is 514. The summed E-state index contributed by atoms with van der Waals surface area (Å²) in [5.41, 5.74) is 10.8. The summed E-state index contributed by atoms with van der Waals surface area (Å²) < 4.78 is 6.06. The summed E-state index contributed by atoms with van der Waals surface area (Å²) in [6, 6.07) is 2.18. The topological polar surface area (TPSA) is 35.2 Å². The molecule has 0 fully saturated rings. The van der Waals surface area contributed by atoms with Crippen molar-refractivity contribution in [2.45, 2.75) is 52.6 Å². The van der Waals surface area contributed by atoms with Gasteiger partial charge < -0.3 is 10.5 Å². The van der Waals surface area contributed by atoms with Crippen LogP contribution < -0.4 is 10.5 Å². The second-order valence-corrected chi connectivity index (χ2v) is 6.16. The molecule has 0 saturated carbocycles. The molecule has 1 aromatic rings. The molecule has 0 bridgehead atoms. The molecule has 2 heteroatoms. The maximum Gasteiger partial charge on any atom is 0.128 e. The van der Waals surface area contributed by atoms with Gasteiger partial charge in [0.2, 0.25) is 0 Å². The molecule has 1 heterocycles. The highest BCUT2D eigenvalue weighted by Crippen LogP contribution is 2.38. The minimum atomic E-state index is -0.212. The molecule has 2 rings (SSSR count). The average molecular weight is 259 g/mol. The van der Waals surface area contributed by atoms with Gasteiger partial charge in [0, 0.05) is 5.56 Å². The first-order chi connectivity index (χ1) is 8.85. The van der Waals surface area contributed by atoms with Crippen LogP contribution in [-0.4, -0.2) is 12.1 Å². The number of aryl methyl sites for hydroxylation is 1. The van der Waals surface area contributed by atoms with Crippen LogP contribution in [0, 0.1) is 13.8 Å². The zero-order valence-electron chi connectivity index (χ0n) is 12.7. The maximum atomic E-state index is 6.06. The van der Waals surface area contributed by atoms with Gasteiger partial charge in [-0.15, -0.1) is 0 Å². The Hall–Kier alpha value is -1.28. The van der Waals surface area contributed by atoms with Gasteiger partial charge in [0.1, 0.15) is 11.4 Å². The van der Waals surface area contributed by atoms with Crippen LogP contribution >= 0.6 is 0 Å². The summed E-state index contributed by atoms with van der Waals surface area (Å²) in [6.07, 6.45) is 5.36. The summed E-state index contributed by atoms with van der Waals surface area (Å²) >= 11 is 0. The van der Waals surface area contributed by atoms with Gasteiger partial charge in [0.05, 0.1) is 0 Å². The fourth-order valence-corrected chi connectivity index (χ4v) is 3.02. The number of hydrogen-bond acceptors (Lipinski definition) is 2. The van der Waals surface area contributed by atoms with Gasteiger partial charge in [-0.3, -0.25) is 0 Å². The van der Waals surface area contributed by atoms with E-state index in [9.17, 15) is 0 Å². The molecule has 104 valence electrons. The predicted molar refractivity (Wildman–Crippen MR) is 81.7 cm³/mol. The van der Waals surface area contributed by atoms with E-state index >= 15 is 0 Å². The van der Waals surface area contributed by atoms with Gasteiger partial charge in [-0.05, 0) is 75.4 Å². The summed E-state index contributed by atoms with van der Waals surface area (Å²) in [5.74, 6) is 1.50. The third-order valence-electron chi connectivity index (χ3n) is 3.96. The summed E-state index contributed by atoms with van der Waals surface area (Å²) in [7, 11) is 0. The van der Waals surface area contributed by atoms with Crippen molar-refractivity contribution in [1.82, 2.24) is 0 Å². The predicted octanol–water partition coefficient (Wildman–Crippen LogP) is 3.94. The van der Waals surface area contributed by atoms with Crippen LogP contribution in [0.4, 0.5) is 0 Å². The highest BCUT2D eigenvalue weighted by molar-refractivity contribution is 5.67.